The van der Waals surface area contributed by atoms with E-state index in [1.54, 1.807) is 0 Å². The third-order valence-corrected chi connectivity index (χ3v) is 8.86. The van der Waals surface area contributed by atoms with Crippen molar-refractivity contribution in [1.29, 1.82) is 0 Å². The van der Waals surface area contributed by atoms with Crippen LogP contribution in [0.1, 0.15) is 68.6 Å². The van der Waals surface area contributed by atoms with Crippen molar-refractivity contribution < 1.29 is 4.79 Å². The number of hydrogen-bond acceptors (Lipinski definition) is 1. The number of benzene rings is 6. The van der Waals surface area contributed by atoms with E-state index in [2.05, 4.69) is 175 Å². The Labute approximate surface area is 274 Å². The van der Waals surface area contributed by atoms with Gasteiger partial charge in [0.1, 0.15) is 0 Å². The van der Waals surface area contributed by atoms with Crippen molar-refractivity contribution >= 4 is 5.78 Å². The summed E-state index contributed by atoms with van der Waals surface area (Å²) in [5.41, 5.74) is 11.9. The summed E-state index contributed by atoms with van der Waals surface area (Å²) in [6, 6.07) is 50.7. The number of carbonyl (C=O) groups is 1. The van der Waals surface area contributed by atoms with E-state index in [-0.39, 0.29) is 16.6 Å². The Kier molecular flexibility index (Phi) is 8.36. The average molecular weight is 599 g/mol. The van der Waals surface area contributed by atoms with Crippen LogP contribution in [0.25, 0.3) is 44.5 Å². The molecule has 1 nitrogen and oxygen atoms in total. The second-order valence-corrected chi connectivity index (χ2v) is 14.2. The summed E-state index contributed by atoms with van der Waals surface area (Å²) in [4.78, 5) is 15.3. The zero-order chi connectivity index (χ0) is 32.5. The molecule has 0 spiro atoms. The van der Waals surface area contributed by atoms with Gasteiger partial charge in [0, 0.05) is 11.1 Å². The Morgan fingerprint density at radius 3 is 1.04 bits per heavy atom. The van der Waals surface area contributed by atoms with Crippen LogP contribution in [0.4, 0.5) is 0 Å². The highest BCUT2D eigenvalue weighted by molar-refractivity contribution is 6.17. The third-order valence-electron chi connectivity index (χ3n) is 8.86. The fourth-order valence-electron chi connectivity index (χ4n) is 6.19. The molecule has 0 atom stereocenters. The van der Waals surface area contributed by atoms with E-state index < -0.39 is 0 Å². The van der Waals surface area contributed by atoms with Gasteiger partial charge < -0.3 is 0 Å². The van der Waals surface area contributed by atoms with Gasteiger partial charge in [-0.3, -0.25) is 4.79 Å². The molecule has 0 unspecified atom stereocenters. The van der Waals surface area contributed by atoms with Crippen LogP contribution in [0.2, 0.25) is 0 Å². The first-order valence-corrected chi connectivity index (χ1v) is 16.2. The molecule has 6 aromatic rings. The lowest BCUT2D eigenvalue weighted by Gasteiger charge is -2.24. The van der Waals surface area contributed by atoms with Crippen LogP contribution in [0, 0.1) is 0 Å². The van der Waals surface area contributed by atoms with Gasteiger partial charge in [0.2, 0.25) is 0 Å². The monoisotopic (exact) mass is 598 g/mol. The minimum atomic E-state index is -0.123. The fourth-order valence-corrected chi connectivity index (χ4v) is 6.19. The van der Waals surface area contributed by atoms with Crippen LogP contribution in [-0.2, 0) is 10.8 Å². The van der Waals surface area contributed by atoms with Gasteiger partial charge in [-0.05, 0) is 78.6 Å². The minimum absolute atomic E-state index is 0.0351. The van der Waals surface area contributed by atoms with Crippen molar-refractivity contribution in [2.45, 2.75) is 52.4 Å². The molecule has 228 valence electrons. The predicted octanol–water partition coefficient (Wildman–Crippen LogP) is 12.2. The van der Waals surface area contributed by atoms with E-state index in [4.69, 9.17) is 0 Å². The molecule has 0 aliphatic rings. The first-order chi connectivity index (χ1) is 22.0. The summed E-state index contributed by atoms with van der Waals surface area (Å²) in [5, 5.41) is 0. The number of hydrogen-bond donors (Lipinski definition) is 0. The maximum atomic E-state index is 15.3. The van der Waals surface area contributed by atoms with E-state index in [0.717, 1.165) is 66.8 Å². The predicted molar refractivity (Wildman–Crippen MR) is 195 cm³/mol. The average Bonchev–Trinajstić information content (AvgIpc) is 3.07. The first kappa shape index (κ1) is 31.0. The van der Waals surface area contributed by atoms with Crippen LogP contribution < -0.4 is 0 Å². The van der Waals surface area contributed by atoms with Crippen molar-refractivity contribution in [3.8, 4) is 44.5 Å². The van der Waals surface area contributed by atoms with Gasteiger partial charge in [-0.2, -0.15) is 0 Å². The Balaban J connectivity index is 1.62. The van der Waals surface area contributed by atoms with Crippen molar-refractivity contribution in [2.24, 2.45) is 0 Å². The van der Waals surface area contributed by atoms with Crippen molar-refractivity contribution in [2.75, 3.05) is 0 Å². The van der Waals surface area contributed by atoms with E-state index in [1.165, 1.54) is 0 Å². The Bertz CT molecular complexity index is 1850. The highest BCUT2D eigenvalue weighted by Gasteiger charge is 2.26. The largest absolute Gasteiger partial charge is 0.289 e. The molecule has 0 fully saturated rings. The number of ketones is 1. The molecule has 0 aliphatic carbocycles. The molecule has 0 saturated carbocycles. The van der Waals surface area contributed by atoms with Crippen molar-refractivity contribution in [3.63, 3.8) is 0 Å². The lowest BCUT2D eigenvalue weighted by molar-refractivity contribution is 0.103. The fraction of sp³-hybridized carbons (Fsp3) is 0.178. The molecule has 1 heteroatoms. The van der Waals surface area contributed by atoms with Gasteiger partial charge in [-0.15, -0.1) is 0 Å². The summed E-state index contributed by atoms with van der Waals surface area (Å²) in [6.45, 7) is 13.2. The second kappa shape index (κ2) is 12.4. The summed E-state index contributed by atoms with van der Waals surface area (Å²) >= 11 is 0. The lowest BCUT2D eigenvalue weighted by Crippen LogP contribution is -2.16. The van der Waals surface area contributed by atoms with Gasteiger partial charge in [0.15, 0.2) is 5.78 Å². The second-order valence-electron chi connectivity index (χ2n) is 14.2. The van der Waals surface area contributed by atoms with Gasteiger partial charge in [0.05, 0.1) is 0 Å². The molecular formula is C45H42O. The Morgan fingerprint density at radius 1 is 0.370 bits per heavy atom. The third kappa shape index (κ3) is 6.24. The summed E-state index contributed by atoms with van der Waals surface area (Å²) in [7, 11) is 0. The maximum absolute atomic E-state index is 15.3. The van der Waals surface area contributed by atoms with E-state index in [1.807, 2.05) is 12.1 Å². The standard InChI is InChI=1S/C45H42O/c1-44(2,3)33-25-27-39(37-23-15-13-21-35(37)31-17-9-7-10-18-31)41(29-33)43(46)42-30-34(45(4,5)6)26-28-40(42)38-24-16-14-22-36(38)32-19-11-8-12-20-32/h7-30H,1-6H3. The highest BCUT2D eigenvalue weighted by atomic mass is 16.1. The Morgan fingerprint density at radius 2 is 0.696 bits per heavy atom. The molecule has 6 aromatic carbocycles. The zero-order valence-electron chi connectivity index (χ0n) is 27.8. The number of rotatable bonds is 6. The molecule has 0 amide bonds. The van der Waals surface area contributed by atoms with Crippen LogP contribution in [0.3, 0.4) is 0 Å². The summed E-state index contributed by atoms with van der Waals surface area (Å²) in [5.74, 6) is 0.0351. The number of carbonyl (C=O) groups excluding carboxylic acids is 1. The highest BCUT2D eigenvalue weighted by Crippen LogP contribution is 2.40. The first-order valence-electron chi connectivity index (χ1n) is 16.2. The molecule has 0 aliphatic heterocycles. The van der Waals surface area contributed by atoms with Gasteiger partial charge in [0.25, 0.3) is 0 Å². The van der Waals surface area contributed by atoms with Crippen LogP contribution in [0.5, 0.6) is 0 Å². The molecule has 6 rings (SSSR count). The van der Waals surface area contributed by atoms with Crippen LogP contribution >= 0.6 is 0 Å². The SMILES string of the molecule is CC(C)(C)c1ccc(-c2ccccc2-c2ccccc2)c(C(=O)c2cc(C(C)(C)C)ccc2-c2ccccc2-c2ccccc2)c1. The Hall–Kier alpha value is -5.01. The van der Waals surface area contributed by atoms with Crippen molar-refractivity contribution in [3.05, 3.63) is 168 Å². The quantitative estimate of drug-likeness (QED) is 0.174. The molecule has 0 N–H and O–H groups in total. The van der Waals surface area contributed by atoms with Crippen molar-refractivity contribution in [1.82, 2.24) is 0 Å². The smallest absolute Gasteiger partial charge is 0.194 e. The normalized spacial score (nSPS) is 11.8. The van der Waals surface area contributed by atoms with E-state index >= 15 is 4.79 Å². The molecule has 46 heavy (non-hydrogen) atoms. The topological polar surface area (TPSA) is 17.1 Å². The van der Waals surface area contributed by atoms with Crippen LogP contribution in [-0.4, -0.2) is 5.78 Å². The molecule has 0 bridgehead atoms. The molecule has 0 aromatic heterocycles. The zero-order valence-corrected chi connectivity index (χ0v) is 27.8. The summed E-state index contributed by atoms with van der Waals surface area (Å²) in [6.07, 6.45) is 0. The van der Waals surface area contributed by atoms with Gasteiger partial charge in [-0.25, -0.2) is 0 Å². The van der Waals surface area contributed by atoms with Crippen LogP contribution in [0.15, 0.2) is 146 Å². The minimum Gasteiger partial charge on any atom is -0.289 e. The van der Waals surface area contributed by atoms with E-state index in [9.17, 15) is 0 Å². The molecular weight excluding hydrogens is 556 g/mol. The van der Waals surface area contributed by atoms with Gasteiger partial charge >= 0.3 is 0 Å². The van der Waals surface area contributed by atoms with E-state index in [0.29, 0.717) is 0 Å². The molecule has 0 saturated heterocycles. The lowest BCUT2D eigenvalue weighted by atomic mass is 9.79. The maximum Gasteiger partial charge on any atom is 0.194 e. The summed E-state index contributed by atoms with van der Waals surface area (Å²) < 4.78 is 0. The molecule has 0 heterocycles. The molecule has 0 radical (unpaired) electrons. The van der Waals surface area contributed by atoms with Gasteiger partial charge in [-0.1, -0.05) is 175 Å².